The third-order valence-electron chi connectivity index (χ3n) is 2.16. The molecule has 80 valence electrons. The molecule has 0 aliphatic heterocycles. The Morgan fingerprint density at radius 1 is 1.06 bits per heavy atom. The van der Waals surface area contributed by atoms with Crippen LogP contribution in [-0.2, 0) is 0 Å². The fraction of sp³-hybridized carbons (Fsp3) is 0. The van der Waals surface area contributed by atoms with Crippen LogP contribution in [-0.4, -0.2) is 0 Å². The molecule has 1 nitrogen and oxygen atoms in total. The maximum absolute atomic E-state index is 5.88. The van der Waals surface area contributed by atoms with Gasteiger partial charge in [0.1, 0.15) is 11.5 Å². The van der Waals surface area contributed by atoms with E-state index in [4.69, 9.17) is 16.3 Å². The largest absolute Gasteiger partial charge is 0.457 e. The fourth-order valence-electron chi connectivity index (χ4n) is 1.40. The summed E-state index contributed by atoms with van der Waals surface area (Å²) in [4.78, 5) is 0. The number of hydrogen-bond acceptors (Lipinski definition) is 1. The molecule has 0 saturated carbocycles. The minimum Gasteiger partial charge on any atom is -0.457 e. The van der Waals surface area contributed by atoms with Gasteiger partial charge in [-0.3, -0.25) is 0 Å². The highest BCUT2D eigenvalue weighted by Crippen LogP contribution is 2.27. The molecule has 0 amide bonds. The highest BCUT2D eigenvalue weighted by atomic mass is 35.5. The van der Waals surface area contributed by atoms with Crippen molar-refractivity contribution in [3.05, 3.63) is 65.7 Å². The fourth-order valence-corrected chi connectivity index (χ4v) is 1.58. The van der Waals surface area contributed by atoms with Crippen LogP contribution in [0.4, 0.5) is 0 Å². The molecule has 0 aliphatic carbocycles. The topological polar surface area (TPSA) is 9.23 Å². The number of para-hydroxylation sites is 1. The molecular formula is C14H11ClO. The summed E-state index contributed by atoms with van der Waals surface area (Å²) in [5.41, 5.74) is 0.961. The summed E-state index contributed by atoms with van der Waals surface area (Å²) in [5, 5.41) is 0.661. The van der Waals surface area contributed by atoms with Gasteiger partial charge in [0.15, 0.2) is 0 Å². The van der Waals surface area contributed by atoms with Crippen LogP contribution in [0.1, 0.15) is 5.56 Å². The SMILES string of the molecule is C=Cc1ccccc1Oc1cccc(Cl)c1. The Kier molecular flexibility index (Phi) is 3.28. The quantitative estimate of drug-likeness (QED) is 0.738. The molecule has 0 unspecified atom stereocenters. The molecular weight excluding hydrogens is 220 g/mol. The van der Waals surface area contributed by atoms with E-state index in [0.717, 1.165) is 17.1 Å². The highest BCUT2D eigenvalue weighted by molar-refractivity contribution is 6.30. The average Bonchev–Trinajstić information content (AvgIpc) is 2.30. The summed E-state index contributed by atoms with van der Waals surface area (Å²) in [6, 6.07) is 15.0. The smallest absolute Gasteiger partial charge is 0.134 e. The Morgan fingerprint density at radius 3 is 2.62 bits per heavy atom. The van der Waals surface area contributed by atoms with Gasteiger partial charge in [-0.1, -0.05) is 48.5 Å². The maximum atomic E-state index is 5.88. The van der Waals surface area contributed by atoms with E-state index in [9.17, 15) is 0 Å². The normalized spacial score (nSPS) is 9.81. The molecule has 0 fully saturated rings. The van der Waals surface area contributed by atoms with Crippen LogP contribution in [0.25, 0.3) is 6.08 Å². The lowest BCUT2D eigenvalue weighted by Crippen LogP contribution is -1.86. The zero-order valence-corrected chi connectivity index (χ0v) is 9.45. The lowest BCUT2D eigenvalue weighted by atomic mass is 10.2. The number of ether oxygens (including phenoxy) is 1. The molecule has 0 aromatic heterocycles. The first-order chi connectivity index (χ1) is 7.79. The second-order valence-corrected chi connectivity index (χ2v) is 3.74. The molecule has 0 heterocycles. The Hall–Kier alpha value is -1.73. The number of benzene rings is 2. The minimum absolute atomic E-state index is 0.661. The molecule has 0 radical (unpaired) electrons. The van der Waals surface area contributed by atoms with Gasteiger partial charge in [0.2, 0.25) is 0 Å². The van der Waals surface area contributed by atoms with Crippen molar-refractivity contribution in [1.82, 2.24) is 0 Å². The van der Waals surface area contributed by atoms with Crippen LogP contribution in [0.5, 0.6) is 11.5 Å². The van der Waals surface area contributed by atoms with Gasteiger partial charge < -0.3 is 4.74 Å². The number of hydrogen-bond donors (Lipinski definition) is 0. The van der Waals surface area contributed by atoms with Gasteiger partial charge in [0.05, 0.1) is 0 Å². The van der Waals surface area contributed by atoms with Gasteiger partial charge >= 0.3 is 0 Å². The van der Waals surface area contributed by atoms with Crippen LogP contribution in [0, 0.1) is 0 Å². The van der Waals surface area contributed by atoms with Gasteiger partial charge in [-0.15, -0.1) is 0 Å². The molecule has 0 atom stereocenters. The predicted molar refractivity (Wildman–Crippen MR) is 68.1 cm³/mol. The zero-order chi connectivity index (χ0) is 11.4. The van der Waals surface area contributed by atoms with E-state index in [1.165, 1.54) is 0 Å². The molecule has 0 N–H and O–H groups in total. The molecule has 0 spiro atoms. The predicted octanol–water partition coefficient (Wildman–Crippen LogP) is 4.78. The average molecular weight is 231 g/mol. The Labute approximate surface area is 99.9 Å². The van der Waals surface area contributed by atoms with E-state index in [1.807, 2.05) is 42.5 Å². The molecule has 2 rings (SSSR count). The summed E-state index contributed by atoms with van der Waals surface area (Å²) in [6.45, 7) is 3.74. The monoisotopic (exact) mass is 230 g/mol. The standard InChI is InChI=1S/C14H11ClO/c1-2-11-6-3-4-9-14(11)16-13-8-5-7-12(15)10-13/h2-10H,1H2. The van der Waals surface area contributed by atoms with Gasteiger partial charge in [-0.05, 0) is 24.3 Å². The maximum Gasteiger partial charge on any atom is 0.134 e. The molecule has 0 bridgehead atoms. The number of rotatable bonds is 3. The van der Waals surface area contributed by atoms with Gasteiger partial charge in [-0.2, -0.15) is 0 Å². The summed E-state index contributed by atoms with van der Waals surface area (Å²) < 4.78 is 5.73. The first-order valence-corrected chi connectivity index (χ1v) is 5.32. The third-order valence-corrected chi connectivity index (χ3v) is 2.40. The van der Waals surface area contributed by atoms with E-state index in [1.54, 1.807) is 12.1 Å². The van der Waals surface area contributed by atoms with E-state index in [2.05, 4.69) is 6.58 Å². The van der Waals surface area contributed by atoms with Crippen molar-refractivity contribution in [2.45, 2.75) is 0 Å². The molecule has 2 heteroatoms. The zero-order valence-electron chi connectivity index (χ0n) is 8.69. The van der Waals surface area contributed by atoms with E-state index < -0.39 is 0 Å². The van der Waals surface area contributed by atoms with Crippen molar-refractivity contribution in [2.24, 2.45) is 0 Å². The van der Waals surface area contributed by atoms with Crippen LogP contribution < -0.4 is 4.74 Å². The lowest BCUT2D eigenvalue weighted by Gasteiger charge is -2.08. The summed E-state index contributed by atoms with van der Waals surface area (Å²) >= 11 is 5.88. The molecule has 2 aromatic carbocycles. The van der Waals surface area contributed by atoms with Crippen molar-refractivity contribution in [3.63, 3.8) is 0 Å². The van der Waals surface area contributed by atoms with Crippen molar-refractivity contribution in [3.8, 4) is 11.5 Å². The molecule has 0 saturated heterocycles. The van der Waals surface area contributed by atoms with Gasteiger partial charge in [0.25, 0.3) is 0 Å². The van der Waals surface area contributed by atoms with Gasteiger partial charge in [-0.25, -0.2) is 0 Å². The molecule has 16 heavy (non-hydrogen) atoms. The van der Waals surface area contributed by atoms with Crippen molar-refractivity contribution in [2.75, 3.05) is 0 Å². The Morgan fingerprint density at radius 2 is 1.88 bits per heavy atom. The number of halogens is 1. The lowest BCUT2D eigenvalue weighted by molar-refractivity contribution is 0.481. The van der Waals surface area contributed by atoms with Crippen molar-refractivity contribution >= 4 is 17.7 Å². The van der Waals surface area contributed by atoms with Crippen LogP contribution in [0.3, 0.4) is 0 Å². The Bertz CT molecular complexity index is 506. The summed E-state index contributed by atoms with van der Waals surface area (Å²) in [6.07, 6.45) is 1.76. The highest BCUT2D eigenvalue weighted by Gasteiger charge is 2.01. The van der Waals surface area contributed by atoms with Crippen LogP contribution >= 0.6 is 11.6 Å². The second-order valence-electron chi connectivity index (χ2n) is 3.30. The molecule has 0 aliphatic rings. The molecule has 2 aromatic rings. The first kappa shape index (κ1) is 10.8. The van der Waals surface area contributed by atoms with E-state index in [0.29, 0.717) is 5.02 Å². The second kappa shape index (κ2) is 4.86. The summed E-state index contributed by atoms with van der Waals surface area (Å²) in [7, 11) is 0. The van der Waals surface area contributed by atoms with Crippen molar-refractivity contribution < 1.29 is 4.74 Å². The van der Waals surface area contributed by atoms with Crippen molar-refractivity contribution in [1.29, 1.82) is 0 Å². The third kappa shape index (κ3) is 2.44. The summed E-state index contributed by atoms with van der Waals surface area (Å²) in [5.74, 6) is 1.50. The first-order valence-electron chi connectivity index (χ1n) is 4.94. The van der Waals surface area contributed by atoms with Crippen LogP contribution in [0.2, 0.25) is 5.02 Å². The van der Waals surface area contributed by atoms with Gasteiger partial charge in [0, 0.05) is 10.6 Å². The van der Waals surface area contributed by atoms with E-state index in [-0.39, 0.29) is 0 Å². The van der Waals surface area contributed by atoms with Crippen LogP contribution in [0.15, 0.2) is 55.1 Å². The van der Waals surface area contributed by atoms with E-state index >= 15 is 0 Å². The minimum atomic E-state index is 0.661. The Balaban J connectivity index is 2.30.